The summed E-state index contributed by atoms with van der Waals surface area (Å²) < 4.78 is 8.81. The van der Waals surface area contributed by atoms with Crippen LogP contribution in [-0.4, -0.2) is 18.5 Å². The number of carbonyl (C=O) groups is 2. The van der Waals surface area contributed by atoms with E-state index in [-0.39, 0.29) is 6.61 Å². The molecule has 0 aromatic heterocycles. The normalized spacial score (nSPS) is 9.00. The van der Waals surface area contributed by atoms with Gasteiger partial charge in [0, 0.05) is 0 Å². The first kappa shape index (κ1) is 11.7. The molecule has 0 aliphatic heterocycles. The van der Waals surface area contributed by atoms with E-state index in [2.05, 4.69) is 16.1 Å². The molecule has 0 fully saturated rings. The number of ether oxygens (including phenoxy) is 2. The number of hydrogen-bond acceptors (Lipinski definition) is 4. The van der Waals surface area contributed by atoms with E-state index < -0.39 is 11.9 Å². The number of unbranched alkanes of at least 4 members (excludes halogenated alkanes) is 2. The Balaban J connectivity index is 3.50. The highest BCUT2D eigenvalue weighted by atomic mass is 16.6. The average molecular weight is 186 g/mol. The van der Waals surface area contributed by atoms with Gasteiger partial charge in [-0.15, -0.1) is 0 Å². The van der Waals surface area contributed by atoms with Crippen molar-refractivity contribution >= 4 is 11.9 Å². The Morgan fingerprint density at radius 3 is 2.54 bits per heavy atom. The van der Waals surface area contributed by atoms with Gasteiger partial charge in [0.25, 0.3) is 0 Å². The van der Waals surface area contributed by atoms with Crippen molar-refractivity contribution in [1.82, 2.24) is 0 Å². The summed E-state index contributed by atoms with van der Waals surface area (Å²) in [7, 11) is 0. The summed E-state index contributed by atoms with van der Waals surface area (Å²) >= 11 is 0. The van der Waals surface area contributed by atoms with Gasteiger partial charge in [0.15, 0.2) is 0 Å². The third-order valence-corrected chi connectivity index (χ3v) is 1.34. The lowest BCUT2D eigenvalue weighted by Crippen LogP contribution is -2.18. The zero-order valence-corrected chi connectivity index (χ0v) is 7.75. The molecule has 4 nitrogen and oxygen atoms in total. The predicted molar refractivity (Wildman–Crippen MR) is 46.8 cm³/mol. The van der Waals surface area contributed by atoms with Gasteiger partial charge in [-0.3, -0.25) is 0 Å². The first-order valence-corrected chi connectivity index (χ1v) is 4.21. The molecule has 13 heavy (non-hydrogen) atoms. The maximum absolute atomic E-state index is 10.8. The van der Waals surface area contributed by atoms with Crippen molar-refractivity contribution in [3.05, 3.63) is 12.8 Å². The third-order valence-electron chi connectivity index (χ3n) is 1.34. The second-order valence-corrected chi connectivity index (χ2v) is 2.42. The summed E-state index contributed by atoms with van der Waals surface area (Å²) in [4.78, 5) is 21.4. The standard InChI is InChI=1S/C9H14O4/c1-3-5-6-7-13-9(11)8(10)12-4-2/h4H,2-3,5-7H2,1H3. The molecule has 0 aromatic carbocycles. The van der Waals surface area contributed by atoms with Crippen LogP contribution < -0.4 is 0 Å². The summed E-state index contributed by atoms with van der Waals surface area (Å²) in [6.45, 7) is 5.44. The molecule has 0 rings (SSSR count). The van der Waals surface area contributed by atoms with E-state index in [1.807, 2.05) is 6.92 Å². The summed E-state index contributed by atoms with van der Waals surface area (Å²) in [5, 5.41) is 0. The fourth-order valence-corrected chi connectivity index (χ4v) is 0.700. The van der Waals surface area contributed by atoms with Crippen molar-refractivity contribution in [2.45, 2.75) is 26.2 Å². The van der Waals surface area contributed by atoms with Gasteiger partial charge in [0.1, 0.15) is 0 Å². The van der Waals surface area contributed by atoms with Crippen LogP contribution in [-0.2, 0) is 19.1 Å². The van der Waals surface area contributed by atoms with E-state index >= 15 is 0 Å². The summed E-state index contributed by atoms with van der Waals surface area (Å²) in [5.74, 6) is -1.98. The molecule has 0 atom stereocenters. The Kier molecular flexibility index (Phi) is 6.59. The zero-order valence-electron chi connectivity index (χ0n) is 7.75. The number of esters is 2. The number of carbonyl (C=O) groups excluding carboxylic acids is 2. The molecular weight excluding hydrogens is 172 g/mol. The van der Waals surface area contributed by atoms with Gasteiger partial charge in [-0.05, 0) is 6.42 Å². The van der Waals surface area contributed by atoms with Crippen LogP contribution in [0.3, 0.4) is 0 Å². The molecule has 0 spiro atoms. The Morgan fingerprint density at radius 2 is 2.00 bits per heavy atom. The van der Waals surface area contributed by atoms with Gasteiger partial charge >= 0.3 is 11.9 Å². The van der Waals surface area contributed by atoms with Crippen LogP contribution >= 0.6 is 0 Å². The third kappa shape index (κ3) is 5.90. The van der Waals surface area contributed by atoms with E-state index in [9.17, 15) is 9.59 Å². The molecule has 0 bridgehead atoms. The van der Waals surface area contributed by atoms with Gasteiger partial charge in [-0.25, -0.2) is 9.59 Å². The van der Waals surface area contributed by atoms with E-state index in [1.54, 1.807) is 0 Å². The van der Waals surface area contributed by atoms with Gasteiger partial charge in [-0.1, -0.05) is 26.3 Å². The van der Waals surface area contributed by atoms with Crippen molar-refractivity contribution in [3.63, 3.8) is 0 Å². The van der Waals surface area contributed by atoms with Crippen molar-refractivity contribution in [2.24, 2.45) is 0 Å². The molecule has 0 aliphatic rings. The molecule has 0 aliphatic carbocycles. The number of hydrogen-bond donors (Lipinski definition) is 0. The Morgan fingerprint density at radius 1 is 1.31 bits per heavy atom. The molecule has 74 valence electrons. The Hall–Kier alpha value is -1.32. The number of rotatable bonds is 5. The zero-order chi connectivity index (χ0) is 10.1. The summed E-state index contributed by atoms with van der Waals surface area (Å²) in [6.07, 6.45) is 3.68. The Bertz CT molecular complexity index is 186. The molecule has 0 saturated carbocycles. The molecule has 0 radical (unpaired) electrons. The largest absolute Gasteiger partial charge is 0.457 e. The summed E-state index contributed by atoms with van der Waals surface area (Å²) in [6, 6.07) is 0. The second-order valence-electron chi connectivity index (χ2n) is 2.42. The molecule has 0 aromatic rings. The smallest absolute Gasteiger partial charge is 0.422 e. The van der Waals surface area contributed by atoms with Crippen LogP contribution in [0.25, 0.3) is 0 Å². The average Bonchev–Trinajstić information content (AvgIpc) is 2.12. The highest BCUT2D eigenvalue weighted by Crippen LogP contribution is 1.95. The van der Waals surface area contributed by atoms with Crippen molar-refractivity contribution < 1.29 is 19.1 Å². The monoisotopic (exact) mass is 186 g/mol. The minimum Gasteiger partial charge on any atom is -0.457 e. The van der Waals surface area contributed by atoms with E-state index in [0.717, 1.165) is 25.5 Å². The minimum absolute atomic E-state index is 0.263. The first-order valence-electron chi connectivity index (χ1n) is 4.21. The lowest BCUT2D eigenvalue weighted by atomic mass is 10.3. The van der Waals surface area contributed by atoms with Crippen LogP contribution in [0.2, 0.25) is 0 Å². The van der Waals surface area contributed by atoms with E-state index in [1.165, 1.54) is 0 Å². The van der Waals surface area contributed by atoms with Gasteiger partial charge in [0.2, 0.25) is 0 Å². The quantitative estimate of drug-likeness (QED) is 0.282. The van der Waals surface area contributed by atoms with Gasteiger partial charge in [0.05, 0.1) is 12.9 Å². The van der Waals surface area contributed by atoms with Gasteiger partial charge < -0.3 is 9.47 Å². The summed E-state index contributed by atoms with van der Waals surface area (Å²) in [5.41, 5.74) is 0. The topological polar surface area (TPSA) is 52.6 Å². The van der Waals surface area contributed by atoms with Crippen LogP contribution in [0.5, 0.6) is 0 Å². The Labute approximate surface area is 77.5 Å². The predicted octanol–water partition coefficient (Wildman–Crippen LogP) is 1.41. The van der Waals surface area contributed by atoms with Crippen LogP contribution in [0.15, 0.2) is 12.8 Å². The van der Waals surface area contributed by atoms with Gasteiger partial charge in [-0.2, -0.15) is 0 Å². The highest BCUT2D eigenvalue weighted by molar-refractivity contribution is 6.29. The van der Waals surface area contributed by atoms with E-state index in [4.69, 9.17) is 0 Å². The highest BCUT2D eigenvalue weighted by Gasteiger charge is 2.15. The van der Waals surface area contributed by atoms with Crippen LogP contribution in [0.1, 0.15) is 26.2 Å². The molecule has 0 heterocycles. The first-order chi connectivity index (χ1) is 6.22. The fraction of sp³-hybridized carbons (Fsp3) is 0.556. The lowest BCUT2D eigenvalue weighted by Gasteiger charge is -2.01. The molecular formula is C9H14O4. The van der Waals surface area contributed by atoms with Crippen molar-refractivity contribution in [1.29, 1.82) is 0 Å². The molecule has 0 N–H and O–H groups in total. The van der Waals surface area contributed by atoms with Crippen LogP contribution in [0.4, 0.5) is 0 Å². The maximum atomic E-state index is 10.8. The molecule has 0 amide bonds. The molecule has 0 saturated heterocycles. The molecule has 4 heteroatoms. The lowest BCUT2D eigenvalue weighted by molar-refractivity contribution is -0.164. The van der Waals surface area contributed by atoms with Crippen molar-refractivity contribution in [3.8, 4) is 0 Å². The molecule has 0 unspecified atom stereocenters. The van der Waals surface area contributed by atoms with Crippen LogP contribution in [0, 0.1) is 0 Å². The minimum atomic E-state index is -1.02. The SMILES string of the molecule is C=COC(=O)C(=O)OCCCCC. The second kappa shape index (κ2) is 7.34. The van der Waals surface area contributed by atoms with Crippen molar-refractivity contribution in [2.75, 3.05) is 6.61 Å². The van der Waals surface area contributed by atoms with E-state index in [0.29, 0.717) is 0 Å². The fourth-order valence-electron chi connectivity index (χ4n) is 0.700. The maximum Gasteiger partial charge on any atom is 0.422 e.